The van der Waals surface area contributed by atoms with Gasteiger partial charge >= 0.3 is 0 Å². The second-order valence-electron chi connectivity index (χ2n) is 7.25. The lowest BCUT2D eigenvalue weighted by molar-refractivity contribution is -0.132. The van der Waals surface area contributed by atoms with Crippen LogP contribution in [0.15, 0.2) is 0 Å². The third-order valence-electron chi connectivity index (χ3n) is 5.42. The molecule has 2 heterocycles. The first-order valence-corrected chi connectivity index (χ1v) is 8.37. The highest BCUT2D eigenvalue weighted by Gasteiger charge is 2.59. The lowest BCUT2D eigenvalue weighted by atomic mass is 9.95. The molecule has 4 heteroatoms. The van der Waals surface area contributed by atoms with Gasteiger partial charge in [-0.25, -0.2) is 0 Å². The van der Waals surface area contributed by atoms with Gasteiger partial charge in [0.1, 0.15) is 0 Å². The van der Waals surface area contributed by atoms with Crippen LogP contribution in [0.3, 0.4) is 0 Å². The molecule has 20 heavy (non-hydrogen) atoms. The van der Waals surface area contributed by atoms with Gasteiger partial charge in [-0.15, -0.1) is 0 Å². The predicted octanol–water partition coefficient (Wildman–Crippen LogP) is 1.66. The Morgan fingerprint density at radius 2 is 1.95 bits per heavy atom. The Bertz CT molecular complexity index is 370. The molecule has 3 aliphatic rings. The first kappa shape index (κ1) is 14.3. The molecule has 3 fully saturated rings. The summed E-state index contributed by atoms with van der Waals surface area (Å²) in [6, 6.07) is 0. The Balaban J connectivity index is 1.62. The van der Waals surface area contributed by atoms with Gasteiger partial charge < -0.3 is 9.80 Å². The third kappa shape index (κ3) is 2.48. The van der Waals surface area contributed by atoms with Crippen LogP contribution in [-0.2, 0) is 4.79 Å². The van der Waals surface area contributed by atoms with Crippen molar-refractivity contribution in [2.75, 3.05) is 26.2 Å². The topological polar surface area (TPSA) is 35.6 Å². The molecule has 3 rings (SSSR count). The Hall–Kier alpha value is -0.610. The van der Waals surface area contributed by atoms with Crippen LogP contribution in [0.4, 0.5) is 0 Å². The summed E-state index contributed by atoms with van der Waals surface area (Å²) >= 11 is 0. The third-order valence-corrected chi connectivity index (χ3v) is 5.42. The van der Waals surface area contributed by atoms with Crippen LogP contribution in [0.1, 0.15) is 46.5 Å². The summed E-state index contributed by atoms with van der Waals surface area (Å²) in [7, 11) is 0. The average molecular weight is 279 g/mol. The number of likely N-dealkylation sites (tertiary alicyclic amines) is 1. The number of piperidine rings is 1. The quantitative estimate of drug-likeness (QED) is 0.850. The SMILES string of the molecule is CCN1CCC(CN2C(=O)C3(CC3)NC2C(C)C)CC1. The predicted molar refractivity (Wildman–Crippen MR) is 80.3 cm³/mol. The zero-order chi connectivity index (χ0) is 14.3. The van der Waals surface area contributed by atoms with Crippen LogP contribution in [0, 0.1) is 11.8 Å². The smallest absolute Gasteiger partial charge is 0.244 e. The van der Waals surface area contributed by atoms with E-state index in [-0.39, 0.29) is 11.7 Å². The van der Waals surface area contributed by atoms with Gasteiger partial charge in [-0.1, -0.05) is 20.8 Å². The van der Waals surface area contributed by atoms with Gasteiger partial charge in [0.2, 0.25) is 5.91 Å². The minimum absolute atomic E-state index is 0.154. The first-order valence-electron chi connectivity index (χ1n) is 8.37. The van der Waals surface area contributed by atoms with E-state index in [1.54, 1.807) is 0 Å². The van der Waals surface area contributed by atoms with Gasteiger partial charge in [0.05, 0.1) is 11.7 Å². The van der Waals surface area contributed by atoms with Crippen LogP contribution in [0.2, 0.25) is 0 Å². The molecule has 0 aromatic rings. The summed E-state index contributed by atoms with van der Waals surface area (Å²) < 4.78 is 0. The van der Waals surface area contributed by atoms with E-state index in [2.05, 4.69) is 35.9 Å². The fraction of sp³-hybridized carbons (Fsp3) is 0.938. The van der Waals surface area contributed by atoms with Crippen LogP contribution in [0.25, 0.3) is 0 Å². The number of hydrogen-bond acceptors (Lipinski definition) is 3. The van der Waals surface area contributed by atoms with E-state index in [0.29, 0.717) is 17.7 Å². The fourth-order valence-corrected chi connectivity index (χ4v) is 3.79. The molecule has 0 radical (unpaired) electrons. The molecule has 0 aromatic heterocycles. The van der Waals surface area contributed by atoms with Gasteiger partial charge in [0.15, 0.2) is 0 Å². The number of amides is 1. The van der Waals surface area contributed by atoms with Gasteiger partial charge in [0.25, 0.3) is 0 Å². The Kier molecular flexibility index (Phi) is 3.80. The maximum atomic E-state index is 12.7. The molecule has 0 bridgehead atoms. The van der Waals surface area contributed by atoms with E-state index in [0.717, 1.165) is 25.9 Å². The van der Waals surface area contributed by atoms with Crippen molar-refractivity contribution in [1.29, 1.82) is 0 Å². The van der Waals surface area contributed by atoms with Crippen LogP contribution >= 0.6 is 0 Å². The molecule has 4 nitrogen and oxygen atoms in total. The highest BCUT2D eigenvalue weighted by atomic mass is 16.2. The molecule has 1 atom stereocenters. The van der Waals surface area contributed by atoms with Gasteiger partial charge in [0, 0.05) is 6.54 Å². The monoisotopic (exact) mass is 279 g/mol. The lowest BCUT2D eigenvalue weighted by Gasteiger charge is -2.35. The second-order valence-corrected chi connectivity index (χ2v) is 7.25. The van der Waals surface area contributed by atoms with Gasteiger partial charge in [-0.3, -0.25) is 10.1 Å². The largest absolute Gasteiger partial charge is 0.325 e. The minimum atomic E-state index is -0.154. The van der Waals surface area contributed by atoms with Crippen molar-refractivity contribution in [2.45, 2.75) is 58.2 Å². The van der Waals surface area contributed by atoms with E-state index < -0.39 is 0 Å². The number of carbonyl (C=O) groups is 1. The van der Waals surface area contributed by atoms with E-state index in [4.69, 9.17) is 0 Å². The van der Waals surface area contributed by atoms with Crippen molar-refractivity contribution in [3.8, 4) is 0 Å². The molecule has 1 aliphatic carbocycles. The highest BCUT2D eigenvalue weighted by molar-refractivity contribution is 5.91. The van der Waals surface area contributed by atoms with Crippen LogP contribution in [0.5, 0.6) is 0 Å². The molecule has 114 valence electrons. The standard InChI is InChI=1S/C16H29N3O/c1-4-18-9-5-13(6-10-18)11-19-14(12(2)3)17-16(7-8-16)15(19)20/h12-14,17H,4-11H2,1-3H3. The van der Waals surface area contributed by atoms with Crippen molar-refractivity contribution in [3.63, 3.8) is 0 Å². The van der Waals surface area contributed by atoms with Crippen molar-refractivity contribution in [1.82, 2.24) is 15.1 Å². The number of nitrogens with one attached hydrogen (secondary N) is 1. The van der Waals surface area contributed by atoms with Crippen molar-refractivity contribution >= 4 is 5.91 Å². The molecule has 1 saturated carbocycles. The van der Waals surface area contributed by atoms with Crippen LogP contribution in [-0.4, -0.2) is 53.6 Å². The van der Waals surface area contributed by atoms with E-state index >= 15 is 0 Å². The summed E-state index contributed by atoms with van der Waals surface area (Å²) in [5, 5.41) is 3.62. The van der Waals surface area contributed by atoms with E-state index in [9.17, 15) is 4.79 Å². The second kappa shape index (κ2) is 5.30. The Labute approximate surface area is 122 Å². The summed E-state index contributed by atoms with van der Waals surface area (Å²) in [6.07, 6.45) is 4.83. The van der Waals surface area contributed by atoms with E-state index in [1.165, 1.54) is 25.9 Å². The van der Waals surface area contributed by atoms with Crippen LogP contribution < -0.4 is 5.32 Å². The molecule has 2 saturated heterocycles. The molecular formula is C16H29N3O. The Morgan fingerprint density at radius 1 is 1.30 bits per heavy atom. The van der Waals surface area contributed by atoms with Gasteiger partial charge in [-0.05, 0) is 57.2 Å². The number of nitrogens with zero attached hydrogens (tertiary/aromatic N) is 2. The first-order chi connectivity index (χ1) is 9.55. The fourth-order valence-electron chi connectivity index (χ4n) is 3.79. The average Bonchev–Trinajstić information content (AvgIpc) is 3.18. The maximum absolute atomic E-state index is 12.7. The minimum Gasteiger partial charge on any atom is -0.325 e. The lowest BCUT2D eigenvalue weighted by Crippen LogP contribution is -2.45. The molecule has 1 N–H and O–H groups in total. The number of carbonyl (C=O) groups excluding carboxylic acids is 1. The normalized spacial score (nSPS) is 30.7. The molecule has 0 aromatic carbocycles. The van der Waals surface area contributed by atoms with Crippen molar-refractivity contribution in [2.24, 2.45) is 11.8 Å². The maximum Gasteiger partial charge on any atom is 0.244 e. The molecule has 1 amide bonds. The molecule has 1 spiro atoms. The van der Waals surface area contributed by atoms with Crippen molar-refractivity contribution < 1.29 is 4.79 Å². The molecule has 1 unspecified atom stereocenters. The summed E-state index contributed by atoms with van der Waals surface area (Å²) in [6.45, 7) is 11.2. The van der Waals surface area contributed by atoms with E-state index in [1.807, 2.05) is 0 Å². The zero-order valence-electron chi connectivity index (χ0n) is 13.2. The van der Waals surface area contributed by atoms with Crippen molar-refractivity contribution in [3.05, 3.63) is 0 Å². The Morgan fingerprint density at radius 3 is 2.45 bits per heavy atom. The summed E-state index contributed by atoms with van der Waals surface area (Å²) in [5.41, 5.74) is -0.154. The molecular weight excluding hydrogens is 250 g/mol. The summed E-state index contributed by atoms with van der Waals surface area (Å²) in [4.78, 5) is 17.3. The zero-order valence-corrected chi connectivity index (χ0v) is 13.2. The number of rotatable bonds is 4. The summed E-state index contributed by atoms with van der Waals surface area (Å²) in [5.74, 6) is 1.57. The highest BCUT2D eigenvalue weighted by Crippen LogP contribution is 2.43. The molecule has 2 aliphatic heterocycles. The van der Waals surface area contributed by atoms with Gasteiger partial charge in [-0.2, -0.15) is 0 Å². The number of hydrogen-bond donors (Lipinski definition) is 1.